The molecule has 1 aromatic rings. The average molecular weight is 276 g/mol. The van der Waals surface area contributed by atoms with Gasteiger partial charge in [-0.25, -0.2) is 0 Å². The molecule has 2 aliphatic rings. The molecule has 112 valence electrons. The van der Waals surface area contributed by atoms with Crippen LogP contribution in [0.15, 0.2) is 22.8 Å². The first-order valence-electron chi connectivity index (χ1n) is 8.16. The van der Waals surface area contributed by atoms with Crippen LogP contribution in [0.4, 0.5) is 0 Å². The molecule has 0 aromatic carbocycles. The van der Waals surface area contributed by atoms with E-state index in [4.69, 9.17) is 4.42 Å². The first kappa shape index (κ1) is 14.2. The second-order valence-electron chi connectivity index (χ2n) is 6.99. The van der Waals surface area contributed by atoms with Gasteiger partial charge in [0.05, 0.1) is 6.26 Å². The van der Waals surface area contributed by atoms with Crippen molar-refractivity contribution in [3.05, 3.63) is 24.2 Å². The van der Waals surface area contributed by atoms with Gasteiger partial charge in [-0.05, 0) is 43.7 Å². The van der Waals surface area contributed by atoms with Crippen molar-refractivity contribution in [2.75, 3.05) is 13.1 Å². The highest BCUT2D eigenvalue weighted by Crippen LogP contribution is 2.35. The molecular weight excluding hydrogens is 248 g/mol. The Kier molecular flexibility index (Phi) is 4.18. The lowest BCUT2D eigenvalue weighted by Gasteiger charge is -2.45. The zero-order valence-electron chi connectivity index (χ0n) is 13.0. The molecule has 1 N–H and O–H groups in total. The van der Waals surface area contributed by atoms with E-state index in [9.17, 15) is 0 Å². The van der Waals surface area contributed by atoms with Crippen LogP contribution in [0.5, 0.6) is 0 Å². The van der Waals surface area contributed by atoms with Gasteiger partial charge in [0, 0.05) is 37.6 Å². The SMILES string of the molecule is CC(C)C1CNC(C2CC2)CN1C(C)Cc1ccco1. The van der Waals surface area contributed by atoms with Crippen molar-refractivity contribution >= 4 is 0 Å². The smallest absolute Gasteiger partial charge is 0.105 e. The fraction of sp³-hybridized carbons (Fsp3) is 0.765. The largest absolute Gasteiger partial charge is 0.469 e. The van der Waals surface area contributed by atoms with Gasteiger partial charge in [0.15, 0.2) is 0 Å². The Balaban J connectivity index is 1.67. The third kappa shape index (κ3) is 3.09. The van der Waals surface area contributed by atoms with Crippen molar-refractivity contribution in [3.8, 4) is 0 Å². The molecule has 2 heterocycles. The molecule has 3 atom stereocenters. The van der Waals surface area contributed by atoms with Crippen molar-refractivity contribution in [2.45, 2.75) is 58.2 Å². The number of piperazine rings is 1. The maximum atomic E-state index is 5.54. The van der Waals surface area contributed by atoms with Crippen molar-refractivity contribution in [3.63, 3.8) is 0 Å². The Bertz CT molecular complexity index is 411. The van der Waals surface area contributed by atoms with E-state index in [2.05, 4.69) is 37.1 Å². The highest BCUT2D eigenvalue weighted by Gasteiger charge is 2.39. The molecule has 0 spiro atoms. The standard InChI is InChI=1S/C17H28N2O/c1-12(2)17-10-18-16(14-6-7-14)11-19(17)13(3)9-15-5-4-8-20-15/h4-5,8,12-14,16-18H,6-7,9-11H2,1-3H3. The fourth-order valence-corrected chi connectivity index (χ4v) is 3.59. The Hall–Kier alpha value is -0.800. The van der Waals surface area contributed by atoms with E-state index < -0.39 is 0 Å². The number of furan rings is 1. The van der Waals surface area contributed by atoms with E-state index in [0.29, 0.717) is 24.0 Å². The highest BCUT2D eigenvalue weighted by molar-refractivity contribution is 5.03. The molecule has 1 aliphatic carbocycles. The van der Waals surface area contributed by atoms with Crippen LogP contribution in [0, 0.1) is 11.8 Å². The normalized spacial score (nSPS) is 29.8. The van der Waals surface area contributed by atoms with Gasteiger partial charge in [-0.15, -0.1) is 0 Å². The van der Waals surface area contributed by atoms with Gasteiger partial charge in [-0.1, -0.05) is 13.8 Å². The fourth-order valence-electron chi connectivity index (χ4n) is 3.59. The summed E-state index contributed by atoms with van der Waals surface area (Å²) >= 11 is 0. The van der Waals surface area contributed by atoms with E-state index >= 15 is 0 Å². The molecule has 0 radical (unpaired) electrons. The minimum atomic E-state index is 0.553. The summed E-state index contributed by atoms with van der Waals surface area (Å²) in [6.45, 7) is 9.39. The summed E-state index contributed by atoms with van der Waals surface area (Å²) in [6, 6.07) is 6.00. The van der Waals surface area contributed by atoms with E-state index in [-0.39, 0.29) is 0 Å². The van der Waals surface area contributed by atoms with Crippen LogP contribution in [0.1, 0.15) is 39.4 Å². The second kappa shape index (κ2) is 5.90. The van der Waals surface area contributed by atoms with Crippen LogP contribution in [-0.4, -0.2) is 36.1 Å². The Labute approximate surface area is 122 Å². The highest BCUT2D eigenvalue weighted by atomic mass is 16.3. The Morgan fingerprint density at radius 2 is 2.15 bits per heavy atom. The van der Waals surface area contributed by atoms with Crippen molar-refractivity contribution < 1.29 is 4.42 Å². The molecule has 1 saturated carbocycles. The van der Waals surface area contributed by atoms with E-state index in [1.807, 2.05) is 6.07 Å². The summed E-state index contributed by atoms with van der Waals surface area (Å²) in [5.74, 6) is 2.74. The van der Waals surface area contributed by atoms with Crippen LogP contribution in [0.25, 0.3) is 0 Å². The maximum absolute atomic E-state index is 5.54. The lowest BCUT2D eigenvalue weighted by Crippen LogP contribution is -2.61. The molecule has 3 heteroatoms. The summed E-state index contributed by atoms with van der Waals surface area (Å²) < 4.78 is 5.54. The Morgan fingerprint density at radius 3 is 2.75 bits per heavy atom. The molecule has 2 fully saturated rings. The molecule has 3 nitrogen and oxygen atoms in total. The lowest BCUT2D eigenvalue weighted by molar-refractivity contribution is 0.0555. The number of hydrogen-bond donors (Lipinski definition) is 1. The van der Waals surface area contributed by atoms with E-state index in [1.165, 1.54) is 19.4 Å². The minimum absolute atomic E-state index is 0.553. The molecule has 1 aromatic heterocycles. The van der Waals surface area contributed by atoms with E-state index in [0.717, 1.165) is 24.6 Å². The van der Waals surface area contributed by atoms with E-state index in [1.54, 1.807) is 6.26 Å². The predicted octanol–water partition coefficient (Wildman–Crippen LogP) is 2.92. The van der Waals surface area contributed by atoms with Crippen molar-refractivity contribution in [2.24, 2.45) is 11.8 Å². The van der Waals surface area contributed by atoms with Crippen LogP contribution in [0.2, 0.25) is 0 Å². The molecule has 0 amide bonds. The van der Waals surface area contributed by atoms with Gasteiger partial charge in [0.25, 0.3) is 0 Å². The summed E-state index contributed by atoms with van der Waals surface area (Å²) in [4.78, 5) is 2.73. The molecular formula is C17H28N2O. The third-order valence-electron chi connectivity index (χ3n) is 5.03. The van der Waals surface area contributed by atoms with Gasteiger partial charge in [-0.3, -0.25) is 4.90 Å². The molecule has 3 rings (SSSR count). The van der Waals surface area contributed by atoms with Crippen molar-refractivity contribution in [1.82, 2.24) is 10.2 Å². The number of nitrogens with one attached hydrogen (secondary N) is 1. The minimum Gasteiger partial charge on any atom is -0.469 e. The quantitative estimate of drug-likeness (QED) is 0.896. The van der Waals surface area contributed by atoms with Gasteiger partial charge in [0.1, 0.15) is 5.76 Å². The van der Waals surface area contributed by atoms with Gasteiger partial charge >= 0.3 is 0 Å². The van der Waals surface area contributed by atoms with Crippen LogP contribution in [-0.2, 0) is 6.42 Å². The van der Waals surface area contributed by atoms with Gasteiger partial charge in [0.2, 0.25) is 0 Å². The topological polar surface area (TPSA) is 28.4 Å². The van der Waals surface area contributed by atoms with Gasteiger partial charge in [-0.2, -0.15) is 0 Å². The third-order valence-corrected chi connectivity index (χ3v) is 5.03. The summed E-state index contributed by atoms with van der Waals surface area (Å²) in [6.07, 6.45) is 5.65. The molecule has 1 aliphatic heterocycles. The number of hydrogen-bond acceptors (Lipinski definition) is 3. The van der Waals surface area contributed by atoms with Gasteiger partial charge < -0.3 is 9.73 Å². The first-order chi connectivity index (χ1) is 9.65. The number of nitrogens with zero attached hydrogens (tertiary/aromatic N) is 1. The predicted molar refractivity (Wildman–Crippen MR) is 81.7 cm³/mol. The lowest BCUT2D eigenvalue weighted by atomic mass is 9.94. The summed E-state index contributed by atoms with van der Waals surface area (Å²) in [5, 5.41) is 3.79. The monoisotopic (exact) mass is 276 g/mol. The Morgan fingerprint density at radius 1 is 1.35 bits per heavy atom. The molecule has 3 unspecified atom stereocenters. The van der Waals surface area contributed by atoms with Crippen LogP contribution in [0.3, 0.4) is 0 Å². The molecule has 20 heavy (non-hydrogen) atoms. The molecule has 1 saturated heterocycles. The number of rotatable bonds is 5. The summed E-state index contributed by atoms with van der Waals surface area (Å²) in [7, 11) is 0. The zero-order valence-corrected chi connectivity index (χ0v) is 13.0. The molecule has 0 bridgehead atoms. The summed E-state index contributed by atoms with van der Waals surface area (Å²) in [5.41, 5.74) is 0. The van der Waals surface area contributed by atoms with Crippen molar-refractivity contribution in [1.29, 1.82) is 0 Å². The van der Waals surface area contributed by atoms with Crippen LogP contribution >= 0.6 is 0 Å². The second-order valence-corrected chi connectivity index (χ2v) is 6.99. The average Bonchev–Trinajstić information content (AvgIpc) is 3.17. The van der Waals surface area contributed by atoms with Crippen LogP contribution < -0.4 is 5.32 Å². The maximum Gasteiger partial charge on any atom is 0.105 e. The first-order valence-corrected chi connectivity index (χ1v) is 8.16. The zero-order chi connectivity index (χ0) is 14.1.